The van der Waals surface area contributed by atoms with Crippen molar-refractivity contribution in [3.8, 4) is 0 Å². The molecule has 0 spiro atoms. The van der Waals surface area contributed by atoms with E-state index < -0.39 is 27.3 Å². The highest BCUT2D eigenvalue weighted by molar-refractivity contribution is 6.32. The molecule has 0 aromatic heterocycles. The van der Waals surface area contributed by atoms with Crippen LogP contribution in [0.5, 0.6) is 0 Å². The van der Waals surface area contributed by atoms with Crippen molar-refractivity contribution in [3.05, 3.63) is 72.8 Å². The third-order valence-electron chi connectivity index (χ3n) is 3.09. The predicted octanol–water partition coefficient (Wildman–Crippen LogP) is 4.62. The molecule has 0 aliphatic carbocycles. The molecule has 1 N–H and O–H groups in total. The Morgan fingerprint density at radius 3 is 2.27 bits per heavy atom. The second kappa shape index (κ2) is 7.35. The fraction of sp³-hybridized carbons (Fsp3) is 0.0714. The van der Waals surface area contributed by atoms with E-state index in [1.165, 1.54) is 12.1 Å². The SMILES string of the molecule is O=[N+]([O-])c1cc(C=NNc2ccc(C(F)(F)F)cc2[N+](=O)[O-])ccc1Cl. The molecule has 0 aliphatic rings. The van der Waals surface area contributed by atoms with E-state index in [9.17, 15) is 33.4 Å². The molecule has 0 saturated heterocycles. The Kier molecular flexibility index (Phi) is 5.41. The third-order valence-corrected chi connectivity index (χ3v) is 3.41. The molecule has 0 amide bonds. The lowest BCUT2D eigenvalue weighted by molar-refractivity contribution is -0.384. The van der Waals surface area contributed by atoms with Crippen LogP contribution in [0.4, 0.5) is 30.2 Å². The number of alkyl halides is 3. The molecule has 2 rings (SSSR count). The number of nitrogens with zero attached hydrogens (tertiary/aromatic N) is 3. The van der Waals surface area contributed by atoms with Crippen LogP contribution in [0, 0.1) is 20.2 Å². The molecule has 0 bridgehead atoms. The summed E-state index contributed by atoms with van der Waals surface area (Å²) in [6, 6.07) is 5.70. The highest BCUT2D eigenvalue weighted by Gasteiger charge is 2.33. The maximum Gasteiger partial charge on any atom is 0.416 e. The van der Waals surface area contributed by atoms with Crippen molar-refractivity contribution in [2.75, 3.05) is 5.43 Å². The van der Waals surface area contributed by atoms with Gasteiger partial charge in [-0.05, 0) is 18.2 Å². The zero-order valence-corrected chi connectivity index (χ0v) is 13.3. The molecule has 0 unspecified atom stereocenters. The summed E-state index contributed by atoms with van der Waals surface area (Å²) in [5, 5.41) is 25.3. The van der Waals surface area contributed by atoms with Crippen molar-refractivity contribution in [1.29, 1.82) is 0 Å². The van der Waals surface area contributed by atoms with Crippen LogP contribution in [-0.4, -0.2) is 16.1 Å². The van der Waals surface area contributed by atoms with Gasteiger partial charge in [-0.3, -0.25) is 25.7 Å². The summed E-state index contributed by atoms with van der Waals surface area (Å²) in [7, 11) is 0. The van der Waals surface area contributed by atoms with Crippen LogP contribution in [0.25, 0.3) is 0 Å². The van der Waals surface area contributed by atoms with Gasteiger partial charge in [-0.25, -0.2) is 0 Å². The summed E-state index contributed by atoms with van der Waals surface area (Å²) >= 11 is 5.66. The fourth-order valence-electron chi connectivity index (χ4n) is 1.88. The van der Waals surface area contributed by atoms with Crippen molar-refractivity contribution in [3.63, 3.8) is 0 Å². The average molecular weight is 389 g/mol. The van der Waals surface area contributed by atoms with Gasteiger partial charge in [0.2, 0.25) is 0 Å². The highest BCUT2D eigenvalue weighted by Crippen LogP contribution is 2.35. The van der Waals surface area contributed by atoms with Gasteiger partial charge >= 0.3 is 6.18 Å². The Morgan fingerprint density at radius 1 is 1.04 bits per heavy atom. The lowest BCUT2D eigenvalue weighted by atomic mass is 10.1. The summed E-state index contributed by atoms with van der Waals surface area (Å²) in [6.45, 7) is 0. The van der Waals surface area contributed by atoms with E-state index >= 15 is 0 Å². The first kappa shape index (κ1) is 19.1. The first-order valence-corrected chi connectivity index (χ1v) is 7.06. The smallest absolute Gasteiger partial charge is 0.272 e. The van der Waals surface area contributed by atoms with Gasteiger partial charge < -0.3 is 0 Å². The van der Waals surface area contributed by atoms with E-state index in [0.29, 0.717) is 12.1 Å². The number of hydrogen-bond acceptors (Lipinski definition) is 6. The molecule has 2 aromatic rings. The predicted molar refractivity (Wildman–Crippen MR) is 87.4 cm³/mol. The standard InChI is InChI=1S/C14H8ClF3N4O4/c15-10-3-1-8(5-12(10)21(23)24)7-19-20-11-4-2-9(14(16,17)18)6-13(11)22(25)26/h1-7,20H. The Bertz CT molecular complexity index is 902. The van der Waals surface area contributed by atoms with Crippen LogP contribution in [-0.2, 0) is 6.18 Å². The molecule has 0 heterocycles. The number of nitro benzene ring substituents is 2. The van der Waals surface area contributed by atoms with E-state index in [4.69, 9.17) is 11.6 Å². The van der Waals surface area contributed by atoms with Crippen molar-refractivity contribution < 1.29 is 23.0 Å². The topological polar surface area (TPSA) is 111 Å². The van der Waals surface area contributed by atoms with Crippen molar-refractivity contribution in [1.82, 2.24) is 0 Å². The summed E-state index contributed by atoms with van der Waals surface area (Å²) in [6.07, 6.45) is -3.63. The first-order valence-electron chi connectivity index (χ1n) is 6.68. The van der Waals surface area contributed by atoms with Crippen LogP contribution in [0.15, 0.2) is 41.5 Å². The van der Waals surface area contributed by atoms with Gasteiger partial charge in [0.15, 0.2) is 0 Å². The second-order valence-corrected chi connectivity index (χ2v) is 5.23. The number of hydrazone groups is 1. The Hall–Kier alpha value is -3.21. The number of halogens is 4. The average Bonchev–Trinajstić information content (AvgIpc) is 2.55. The summed E-state index contributed by atoms with van der Waals surface area (Å²) in [4.78, 5) is 20.1. The fourth-order valence-corrected chi connectivity index (χ4v) is 2.07. The zero-order chi connectivity index (χ0) is 19.5. The van der Waals surface area contributed by atoms with Gasteiger partial charge in [-0.15, -0.1) is 0 Å². The van der Waals surface area contributed by atoms with E-state index in [1.807, 2.05) is 0 Å². The van der Waals surface area contributed by atoms with Crippen molar-refractivity contribution >= 4 is 34.9 Å². The van der Waals surface area contributed by atoms with Gasteiger partial charge in [0, 0.05) is 17.7 Å². The van der Waals surface area contributed by atoms with Gasteiger partial charge in [-0.1, -0.05) is 17.7 Å². The Labute approximate surface area is 148 Å². The molecule has 0 saturated carbocycles. The van der Waals surface area contributed by atoms with Gasteiger partial charge in [0.25, 0.3) is 11.4 Å². The number of anilines is 1. The highest BCUT2D eigenvalue weighted by atomic mass is 35.5. The van der Waals surface area contributed by atoms with Crippen molar-refractivity contribution in [2.24, 2.45) is 5.10 Å². The maximum atomic E-state index is 12.6. The van der Waals surface area contributed by atoms with E-state index in [2.05, 4.69) is 10.5 Å². The number of benzene rings is 2. The minimum absolute atomic E-state index is 0.0847. The van der Waals surface area contributed by atoms with Crippen LogP contribution in [0.2, 0.25) is 5.02 Å². The van der Waals surface area contributed by atoms with Crippen LogP contribution < -0.4 is 5.43 Å². The number of rotatable bonds is 5. The molecule has 26 heavy (non-hydrogen) atoms. The molecule has 0 radical (unpaired) electrons. The lowest BCUT2D eigenvalue weighted by Crippen LogP contribution is -2.06. The van der Waals surface area contributed by atoms with Crippen LogP contribution >= 0.6 is 11.6 Å². The van der Waals surface area contributed by atoms with Crippen LogP contribution in [0.3, 0.4) is 0 Å². The van der Waals surface area contributed by atoms with E-state index in [0.717, 1.165) is 18.3 Å². The molecule has 12 heteroatoms. The number of nitro groups is 2. The largest absolute Gasteiger partial charge is 0.416 e. The monoisotopic (exact) mass is 388 g/mol. The third kappa shape index (κ3) is 4.45. The molecular formula is C14H8ClF3N4O4. The summed E-state index contributed by atoms with van der Waals surface area (Å²) < 4.78 is 37.9. The minimum atomic E-state index is -4.73. The molecule has 0 fully saturated rings. The van der Waals surface area contributed by atoms with E-state index in [1.54, 1.807) is 0 Å². The second-order valence-electron chi connectivity index (χ2n) is 4.82. The summed E-state index contributed by atoms with van der Waals surface area (Å²) in [5.41, 5.74) is -0.139. The maximum absolute atomic E-state index is 12.6. The Morgan fingerprint density at radius 2 is 1.69 bits per heavy atom. The van der Waals surface area contributed by atoms with E-state index in [-0.39, 0.29) is 22.0 Å². The van der Waals surface area contributed by atoms with Crippen molar-refractivity contribution in [2.45, 2.75) is 6.18 Å². The van der Waals surface area contributed by atoms with Crippen LogP contribution in [0.1, 0.15) is 11.1 Å². The molecule has 2 aromatic carbocycles. The molecule has 0 aliphatic heterocycles. The molecule has 136 valence electrons. The zero-order valence-electron chi connectivity index (χ0n) is 12.5. The van der Waals surface area contributed by atoms with Gasteiger partial charge in [-0.2, -0.15) is 18.3 Å². The molecule has 8 nitrogen and oxygen atoms in total. The Balaban J connectivity index is 2.26. The molecular weight excluding hydrogens is 381 g/mol. The number of hydrogen-bond donors (Lipinski definition) is 1. The normalized spacial score (nSPS) is 11.5. The minimum Gasteiger partial charge on any atom is -0.272 e. The summed E-state index contributed by atoms with van der Waals surface area (Å²) in [5.74, 6) is 0. The van der Waals surface area contributed by atoms with Gasteiger partial charge in [0.05, 0.1) is 21.6 Å². The van der Waals surface area contributed by atoms with Gasteiger partial charge in [0.1, 0.15) is 10.7 Å². The number of nitrogens with one attached hydrogen (secondary N) is 1. The first-order chi connectivity index (χ1) is 12.1. The quantitative estimate of drug-likeness (QED) is 0.456. The lowest BCUT2D eigenvalue weighted by Gasteiger charge is -2.08. The molecule has 0 atom stereocenters.